The summed E-state index contributed by atoms with van der Waals surface area (Å²) in [4.78, 5) is 0. The first-order valence-electron chi connectivity index (χ1n) is 13.6. The van der Waals surface area contributed by atoms with Gasteiger partial charge in [-0.3, -0.25) is 0 Å². The van der Waals surface area contributed by atoms with Gasteiger partial charge >= 0.3 is 0 Å². The number of nitrogens with one attached hydrogen (secondary N) is 1. The van der Waals surface area contributed by atoms with Crippen molar-refractivity contribution in [1.82, 2.24) is 0 Å². The molecule has 9 rings (SSSR count). The molecule has 2 aromatic heterocycles. The lowest BCUT2D eigenvalue weighted by molar-refractivity contribution is 0.668. The van der Waals surface area contributed by atoms with Crippen LogP contribution in [-0.2, 0) is 0 Å². The van der Waals surface area contributed by atoms with Crippen LogP contribution in [0.15, 0.2) is 124 Å². The molecule has 0 aliphatic carbocycles. The van der Waals surface area contributed by atoms with Crippen molar-refractivity contribution in [2.45, 2.75) is 0 Å². The predicted molar refractivity (Wildman–Crippen MR) is 165 cm³/mol. The van der Waals surface area contributed by atoms with Gasteiger partial charge < -0.3 is 14.2 Å². The first-order chi connectivity index (χ1) is 20.2. The van der Waals surface area contributed by atoms with Gasteiger partial charge in [-0.2, -0.15) is 5.26 Å². The number of nitrogens with zero attached hydrogens (tertiary/aromatic N) is 1. The smallest absolute Gasteiger partial charge is 0.159 e. The van der Waals surface area contributed by atoms with Crippen LogP contribution in [0.5, 0.6) is 0 Å². The second-order valence-corrected chi connectivity index (χ2v) is 10.5. The van der Waals surface area contributed by atoms with Gasteiger partial charge in [0.15, 0.2) is 11.2 Å². The molecule has 3 heterocycles. The van der Waals surface area contributed by atoms with Crippen LogP contribution in [0, 0.1) is 11.3 Å². The molecule has 190 valence electrons. The molecule has 0 fully saturated rings. The number of hydrogen-bond donors (Lipinski definition) is 1. The Labute approximate surface area is 234 Å². The molecule has 2 bridgehead atoms. The first-order valence-corrected chi connectivity index (χ1v) is 13.6. The zero-order valence-corrected chi connectivity index (χ0v) is 21.7. The lowest BCUT2D eigenvalue weighted by Crippen LogP contribution is -2.00. The minimum absolute atomic E-state index is 0.644. The van der Waals surface area contributed by atoms with Gasteiger partial charge in [0.2, 0.25) is 0 Å². The van der Waals surface area contributed by atoms with Crippen molar-refractivity contribution in [3.63, 3.8) is 0 Å². The van der Waals surface area contributed by atoms with E-state index in [0.717, 1.165) is 88.6 Å². The molecule has 0 saturated carbocycles. The molecule has 1 N–H and O–H groups in total. The van der Waals surface area contributed by atoms with Gasteiger partial charge in [-0.15, -0.1) is 0 Å². The highest BCUT2D eigenvalue weighted by molar-refractivity contribution is 6.17. The molecule has 1 aliphatic heterocycles. The monoisotopic (exact) mass is 524 g/mol. The highest BCUT2D eigenvalue weighted by atomic mass is 16.3. The van der Waals surface area contributed by atoms with Crippen molar-refractivity contribution in [1.29, 1.82) is 5.26 Å². The Balaban J connectivity index is 1.41. The van der Waals surface area contributed by atoms with Crippen LogP contribution in [0.1, 0.15) is 5.56 Å². The zero-order chi connectivity index (χ0) is 27.1. The average Bonchev–Trinajstić information content (AvgIpc) is 3.60. The summed E-state index contributed by atoms with van der Waals surface area (Å²) < 4.78 is 13.0. The maximum atomic E-state index is 9.32. The molecule has 0 atom stereocenters. The van der Waals surface area contributed by atoms with Gasteiger partial charge in [-0.05, 0) is 76.9 Å². The summed E-state index contributed by atoms with van der Waals surface area (Å²) in [5.74, 6) is 0. The molecule has 6 aromatic carbocycles. The van der Waals surface area contributed by atoms with E-state index in [2.05, 4.69) is 66.0 Å². The number of fused-ring (bicyclic) bond motifs is 14. The van der Waals surface area contributed by atoms with Crippen LogP contribution in [0.4, 0.5) is 11.4 Å². The van der Waals surface area contributed by atoms with Crippen LogP contribution in [-0.4, -0.2) is 0 Å². The van der Waals surface area contributed by atoms with E-state index in [-0.39, 0.29) is 0 Å². The molecule has 4 heteroatoms. The van der Waals surface area contributed by atoms with Gasteiger partial charge in [0.1, 0.15) is 11.2 Å². The summed E-state index contributed by atoms with van der Waals surface area (Å²) in [5, 5.41) is 17.4. The molecule has 4 nitrogen and oxygen atoms in total. The number of rotatable bonds is 1. The number of para-hydroxylation sites is 2. The molecule has 8 aromatic rings. The van der Waals surface area contributed by atoms with E-state index in [0.29, 0.717) is 5.56 Å². The molecule has 0 unspecified atom stereocenters. The third kappa shape index (κ3) is 3.15. The lowest BCUT2D eigenvalue weighted by Gasteiger charge is -2.21. The standard InChI is InChI=1S/C37H20N2O2/c38-20-21-9-11-22(12-10-21)23-17-24-19-25(18-23)27-14-16-31-29-6-2-4-8-33(29)41-37(31)35(27)39-34-26(24)13-15-30-28-5-1-3-7-32(28)40-36(30)34/h1-19,39H. The summed E-state index contributed by atoms with van der Waals surface area (Å²) in [7, 11) is 0. The van der Waals surface area contributed by atoms with E-state index in [9.17, 15) is 5.26 Å². The Hall–Kier alpha value is -5.79. The van der Waals surface area contributed by atoms with E-state index in [4.69, 9.17) is 8.83 Å². The third-order valence-electron chi connectivity index (χ3n) is 8.25. The van der Waals surface area contributed by atoms with Crippen LogP contribution >= 0.6 is 0 Å². The van der Waals surface area contributed by atoms with Crippen molar-refractivity contribution in [2.24, 2.45) is 0 Å². The Morgan fingerprint density at radius 3 is 1.54 bits per heavy atom. The first kappa shape index (κ1) is 22.1. The molecule has 41 heavy (non-hydrogen) atoms. The second-order valence-electron chi connectivity index (χ2n) is 10.5. The molecule has 1 aliphatic rings. The minimum atomic E-state index is 0.644. The Morgan fingerprint density at radius 1 is 0.488 bits per heavy atom. The Bertz CT molecular complexity index is 2260. The molecule has 0 amide bonds. The largest absolute Gasteiger partial charge is 0.454 e. The maximum Gasteiger partial charge on any atom is 0.159 e. The fourth-order valence-electron chi connectivity index (χ4n) is 6.27. The summed E-state index contributed by atoms with van der Waals surface area (Å²) in [6.45, 7) is 0. The van der Waals surface area contributed by atoms with Gasteiger partial charge in [0.05, 0.1) is 23.0 Å². The zero-order valence-electron chi connectivity index (χ0n) is 21.7. The summed E-state index contributed by atoms with van der Waals surface area (Å²) in [6.07, 6.45) is 0. The van der Waals surface area contributed by atoms with Crippen molar-refractivity contribution in [2.75, 3.05) is 5.32 Å². The molecule has 0 radical (unpaired) electrons. The number of benzene rings is 6. The number of furan rings is 2. The number of nitriles is 1. The molecule has 0 saturated heterocycles. The summed E-state index contributed by atoms with van der Waals surface area (Å²) >= 11 is 0. The highest BCUT2D eigenvalue weighted by Gasteiger charge is 2.24. The highest BCUT2D eigenvalue weighted by Crippen LogP contribution is 2.49. The topological polar surface area (TPSA) is 62.1 Å². The Kier molecular flexibility index (Phi) is 4.37. The van der Waals surface area contributed by atoms with Crippen LogP contribution in [0.25, 0.3) is 77.3 Å². The van der Waals surface area contributed by atoms with Crippen LogP contribution in [0.2, 0.25) is 0 Å². The molecular weight excluding hydrogens is 504 g/mol. The van der Waals surface area contributed by atoms with E-state index in [1.54, 1.807) is 0 Å². The lowest BCUT2D eigenvalue weighted by atomic mass is 9.89. The van der Waals surface area contributed by atoms with Crippen molar-refractivity contribution in [3.8, 4) is 39.4 Å². The fourth-order valence-corrected chi connectivity index (χ4v) is 6.27. The van der Waals surface area contributed by atoms with Crippen LogP contribution < -0.4 is 5.32 Å². The van der Waals surface area contributed by atoms with E-state index in [1.165, 1.54) is 0 Å². The molecular formula is C37H20N2O2. The predicted octanol–water partition coefficient (Wildman–Crippen LogP) is 10.4. The van der Waals surface area contributed by atoms with Crippen molar-refractivity contribution in [3.05, 3.63) is 121 Å². The summed E-state index contributed by atoms with van der Waals surface area (Å²) in [5.41, 5.74) is 12.2. The van der Waals surface area contributed by atoms with Gasteiger partial charge in [-0.25, -0.2) is 0 Å². The van der Waals surface area contributed by atoms with E-state index >= 15 is 0 Å². The quantitative estimate of drug-likeness (QED) is 0.232. The average molecular weight is 525 g/mol. The van der Waals surface area contributed by atoms with Crippen molar-refractivity contribution >= 4 is 55.3 Å². The SMILES string of the molecule is N#Cc1ccc(-c2cc3cc(c2)-c2ccc4c(oc5ccccc54)c2Nc2c-3ccc3c2oc2ccccc23)cc1. The van der Waals surface area contributed by atoms with E-state index < -0.39 is 0 Å². The number of anilines is 2. The minimum Gasteiger partial charge on any atom is -0.454 e. The van der Waals surface area contributed by atoms with Crippen LogP contribution in [0.3, 0.4) is 0 Å². The third-order valence-corrected chi connectivity index (χ3v) is 8.25. The number of hydrogen-bond acceptors (Lipinski definition) is 4. The normalized spacial score (nSPS) is 12.1. The van der Waals surface area contributed by atoms with Crippen molar-refractivity contribution < 1.29 is 8.83 Å². The second kappa shape index (κ2) is 8.11. The van der Waals surface area contributed by atoms with Gasteiger partial charge in [-0.1, -0.05) is 60.7 Å². The van der Waals surface area contributed by atoms with Gasteiger partial charge in [0, 0.05) is 32.7 Å². The molecule has 0 spiro atoms. The fraction of sp³-hybridized carbons (Fsp3) is 0. The Morgan fingerprint density at radius 2 is 1.00 bits per heavy atom. The van der Waals surface area contributed by atoms with E-state index in [1.807, 2.05) is 60.7 Å². The van der Waals surface area contributed by atoms with Gasteiger partial charge in [0.25, 0.3) is 0 Å². The maximum absolute atomic E-state index is 9.32. The summed E-state index contributed by atoms with van der Waals surface area (Å²) in [6, 6.07) is 41.6.